The molecule has 0 aliphatic carbocycles. The summed E-state index contributed by atoms with van der Waals surface area (Å²) >= 11 is 1.54. The summed E-state index contributed by atoms with van der Waals surface area (Å²) in [5, 5.41) is 3.77. The number of ether oxygens (including phenoxy) is 1. The summed E-state index contributed by atoms with van der Waals surface area (Å²) in [5.74, 6) is 1.32. The summed E-state index contributed by atoms with van der Waals surface area (Å²) in [4.78, 5) is 20.2. The molecule has 1 aromatic heterocycles. The third-order valence-electron chi connectivity index (χ3n) is 2.82. The second-order valence-electron chi connectivity index (χ2n) is 4.57. The molecule has 1 N–H and O–H groups in total. The molecule has 0 bridgehead atoms. The van der Waals surface area contributed by atoms with Crippen LogP contribution in [-0.4, -0.2) is 28.2 Å². The van der Waals surface area contributed by atoms with E-state index < -0.39 is 0 Å². The molecule has 0 aliphatic heterocycles. The Balaban J connectivity index is 1.83. The van der Waals surface area contributed by atoms with Crippen LogP contribution in [0.1, 0.15) is 19.0 Å². The molecular weight excluding hydrogens is 298 g/mol. The molecule has 22 heavy (non-hydrogen) atoms. The van der Waals surface area contributed by atoms with Crippen LogP contribution in [0.25, 0.3) is 0 Å². The van der Waals surface area contributed by atoms with Crippen molar-refractivity contribution < 1.29 is 9.53 Å². The van der Waals surface area contributed by atoms with E-state index in [1.165, 1.54) is 6.33 Å². The Labute approximate surface area is 134 Å². The Morgan fingerprint density at radius 1 is 1.32 bits per heavy atom. The minimum atomic E-state index is -0.0366. The SMILES string of the molecule is CCOc1ccccc1NC(=O)CCSc1cc(C)ncn1. The highest BCUT2D eigenvalue weighted by molar-refractivity contribution is 7.99. The van der Waals surface area contributed by atoms with Crippen LogP contribution in [0.4, 0.5) is 5.69 Å². The lowest BCUT2D eigenvalue weighted by molar-refractivity contribution is -0.115. The number of anilines is 1. The van der Waals surface area contributed by atoms with E-state index >= 15 is 0 Å². The molecule has 6 heteroatoms. The fourth-order valence-electron chi connectivity index (χ4n) is 1.82. The van der Waals surface area contributed by atoms with Crippen molar-refractivity contribution in [3.8, 4) is 5.75 Å². The average Bonchev–Trinajstić information content (AvgIpc) is 2.49. The normalized spacial score (nSPS) is 10.3. The second-order valence-corrected chi connectivity index (χ2v) is 5.69. The Bertz CT molecular complexity index is 634. The number of nitrogens with zero attached hydrogens (tertiary/aromatic N) is 2. The van der Waals surface area contributed by atoms with E-state index in [-0.39, 0.29) is 5.91 Å². The molecule has 116 valence electrons. The Morgan fingerprint density at radius 2 is 2.14 bits per heavy atom. The van der Waals surface area contributed by atoms with Crippen molar-refractivity contribution >= 4 is 23.4 Å². The van der Waals surface area contributed by atoms with Gasteiger partial charge in [0.15, 0.2) is 0 Å². The largest absolute Gasteiger partial charge is 0.492 e. The highest BCUT2D eigenvalue weighted by Crippen LogP contribution is 2.24. The van der Waals surface area contributed by atoms with Crippen molar-refractivity contribution in [1.82, 2.24) is 9.97 Å². The molecule has 0 fully saturated rings. The summed E-state index contributed by atoms with van der Waals surface area (Å²) < 4.78 is 5.49. The lowest BCUT2D eigenvalue weighted by Gasteiger charge is -2.11. The first-order valence-corrected chi connectivity index (χ1v) is 8.10. The zero-order valence-electron chi connectivity index (χ0n) is 12.7. The molecule has 0 radical (unpaired) electrons. The zero-order valence-corrected chi connectivity index (χ0v) is 13.5. The van der Waals surface area contributed by atoms with Gasteiger partial charge in [-0.2, -0.15) is 0 Å². The highest BCUT2D eigenvalue weighted by Gasteiger charge is 2.07. The van der Waals surface area contributed by atoms with Crippen LogP contribution in [0.2, 0.25) is 0 Å². The maximum absolute atomic E-state index is 12.0. The van der Waals surface area contributed by atoms with Gasteiger partial charge in [0.1, 0.15) is 12.1 Å². The Hall–Kier alpha value is -2.08. The molecular formula is C16H19N3O2S. The number of para-hydroxylation sites is 2. The number of benzene rings is 1. The van der Waals surface area contributed by atoms with Gasteiger partial charge in [0.05, 0.1) is 17.3 Å². The topological polar surface area (TPSA) is 64.1 Å². The molecule has 1 heterocycles. The van der Waals surface area contributed by atoms with Gasteiger partial charge in [0.25, 0.3) is 0 Å². The number of thioether (sulfide) groups is 1. The number of carbonyl (C=O) groups excluding carboxylic acids is 1. The predicted molar refractivity (Wildman–Crippen MR) is 88.4 cm³/mol. The summed E-state index contributed by atoms with van der Waals surface area (Å²) in [5.41, 5.74) is 1.63. The monoisotopic (exact) mass is 317 g/mol. The van der Waals surface area contributed by atoms with E-state index in [0.717, 1.165) is 10.7 Å². The third kappa shape index (κ3) is 5.04. The van der Waals surface area contributed by atoms with Gasteiger partial charge in [0.2, 0.25) is 5.91 Å². The smallest absolute Gasteiger partial charge is 0.225 e. The van der Waals surface area contributed by atoms with Crippen molar-refractivity contribution in [3.05, 3.63) is 42.4 Å². The van der Waals surface area contributed by atoms with Crippen LogP contribution in [0.3, 0.4) is 0 Å². The Kier molecular flexibility index (Phi) is 6.21. The van der Waals surface area contributed by atoms with Crippen LogP contribution < -0.4 is 10.1 Å². The van der Waals surface area contributed by atoms with Gasteiger partial charge >= 0.3 is 0 Å². The van der Waals surface area contributed by atoms with Crippen LogP contribution in [0.5, 0.6) is 5.75 Å². The molecule has 0 atom stereocenters. The van der Waals surface area contributed by atoms with Gasteiger partial charge in [-0.3, -0.25) is 4.79 Å². The summed E-state index contributed by atoms with van der Waals surface area (Å²) in [6, 6.07) is 9.35. The number of carbonyl (C=O) groups is 1. The van der Waals surface area contributed by atoms with E-state index in [2.05, 4.69) is 15.3 Å². The number of aromatic nitrogens is 2. The average molecular weight is 317 g/mol. The number of amides is 1. The lowest BCUT2D eigenvalue weighted by atomic mass is 10.3. The number of aryl methyl sites for hydroxylation is 1. The van der Waals surface area contributed by atoms with Gasteiger partial charge in [0, 0.05) is 17.9 Å². The number of nitrogens with one attached hydrogen (secondary N) is 1. The van der Waals surface area contributed by atoms with E-state index in [1.807, 2.05) is 44.2 Å². The van der Waals surface area contributed by atoms with Crippen LogP contribution in [0.15, 0.2) is 41.7 Å². The third-order valence-corrected chi connectivity index (χ3v) is 3.75. The summed E-state index contributed by atoms with van der Waals surface area (Å²) in [7, 11) is 0. The van der Waals surface area contributed by atoms with E-state index in [0.29, 0.717) is 30.2 Å². The second kappa shape index (κ2) is 8.38. The molecule has 1 aromatic carbocycles. The van der Waals surface area contributed by atoms with Crippen molar-refractivity contribution in [1.29, 1.82) is 0 Å². The first kappa shape index (κ1) is 16.3. The first-order valence-electron chi connectivity index (χ1n) is 7.12. The number of hydrogen-bond donors (Lipinski definition) is 1. The van der Waals surface area contributed by atoms with Gasteiger partial charge in [-0.25, -0.2) is 9.97 Å². The molecule has 1 amide bonds. The molecule has 2 rings (SSSR count). The number of hydrogen-bond acceptors (Lipinski definition) is 5. The molecule has 0 aliphatic rings. The van der Waals surface area contributed by atoms with Crippen molar-refractivity contribution in [2.45, 2.75) is 25.3 Å². The van der Waals surface area contributed by atoms with E-state index in [4.69, 9.17) is 4.74 Å². The molecule has 0 saturated carbocycles. The van der Waals surface area contributed by atoms with Gasteiger partial charge in [-0.1, -0.05) is 12.1 Å². The summed E-state index contributed by atoms with van der Waals surface area (Å²) in [6.07, 6.45) is 1.95. The fraction of sp³-hybridized carbons (Fsp3) is 0.312. The van der Waals surface area contributed by atoms with E-state index in [9.17, 15) is 4.79 Å². The molecule has 5 nitrogen and oxygen atoms in total. The van der Waals surface area contributed by atoms with Gasteiger partial charge in [-0.05, 0) is 32.0 Å². The standard InChI is InChI=1S/C16H19N3O2S/c1-3-21-14-7-5-4-6-13(14)19-15(20)8-9-22-16-10-12(2)17-11-18-16/h4-7,10-11H,3,8-9H2,1-2H3,(H,19,20). The maximum atomic E-state index is 12.0. The van der Waals surface area contributed by atoms with Gasteiger partial charge in [-0.15, -0.1) is 11.8 Å². The van der Waals surface area contributed by atoms with Gasteiger partial charge < -0.3 is 10.1 Å². The van der Waals surface area contributed by atoms with Crippen LogP contribution in [0, 0.1) is 6.92 Å². The lowest BCUT2D eigenvalue weighted by Crippen LogP contribution is -2.13. The Morgan fingerprint density at radius 3 is 2.91 bits per heavy atom. The molecule has 0 saturated heterocycles. The zero-order chi connectivity index (χ0) is 15.8. The fourth-order valence-corrected chi connectivity index (χ4v) is 2.69. The highest BCUT2D eigenvalue weighted by atomic mass is 32.2. The van der Waals surface area contributed by atoms with Crippen molar-refractivity contribution in [3.63, 3.8) is 0 Å². The quantitative estimate of drug-likeness (QED) is 0.627. The van der Waals surface area contributed by atoms with Crippen LogP contribution in [-0.2, 0) is 4.79 Å². The van der Waals surface area contributed by atoms with Crippen molar-refractivity contribution in [2.24, 2.45) is 0 Å². The molecule has 0 spiro atoms. The number of rotatable bonds is 7. The molecule has 2 aromatic rings. The molecule has 0 unspecified atom stereocenters. The van der Waals surface area contributed by atoms with Crippen LogP contribution >= 0.6 is 11.8 Å². The predicted octanol–water partition coefficient (Wildman–Crippen LogP) is 3.30. The van der Waals surface area contributed by atoms with Crippen molar-refractivity contribution in [2.75, 3.05) is 17.7 Å². The first-order chi connectivity index (χ1) is 10.7. The summed E-state index contributed by atoms with van der Waals surface area (Å²) in [6.45, 7) is 4.40. The van der Waals surface area contributed by atoms with E-state index in [1.54, 1.807) is 11.8 Å². The minimum absolute atomic E-state index is 0.0366. The minimum Gasteiger partial charge on any atom is -0.492 e. The maximum Gasteiger partial charge on any atom is 0.225 e.